The van der Waals surface area contributed by atoms with Gasteiger partial charge in [0.05, 0.1) is 46.2 Å². The molecule has 0 amide bonds. The van der Waals surface area contributed by atoms with Gasteiger partial charge in [0.15, 0.2) is 0 Å². The van der Waals surface area contributed by atoms with E-state index in [9.17, 15) is 0 Å². The lowest BCUT2D eigenvalue weighted by Gasteiger charge is -2.26. The molecular formula is C28H57NO4. The van der Waals surface area contributed by atoms with E-state index in [0.29, 0.717) is 26.4 Å². The lowest BCUT2D eigenvalue weighted by molar-refractivity contribution is -0.00255. The van der Waals surface area contributed by atoms with Crippen LogP contribution in [-0.4, -0.2) is 77.4 Å². The Morgan fingerprint density at radius 3 is 1.36 bits per heavy atom. The third kappa shape index (κ3) is 23.3. The van der Waals surface area contributed by atoms with E-state index >= 15 is 0 Å². The maximum absolute atomic E-state index is 5.68. The molecule has 5 nitrogen and oxygen atoms in total. The second-order valence-corrected chi connectivity index (χ2v) is 9.59. The first-order valence-corrected chi connectivity index (χ1v) is 14.5. The molecule has 0 spiro atoms. The molecular weight excluding hydrogens is 414 g/mol. The molecule has 1 aliphatic rings. The Hall–Kier alpha value is -0.200. The van der Waals surface area contributed by atoms with Crippen molar-refractivity contribution in [3.63, 3.8) is 0 Å². The average molecular weight is 472 g/mol. The van der Waals surface area contributed by atoms with Crippen LogP contribution < -0.4 is 0 Å². The van der Waals surface area contributed by atoms with E-state index < -0.39 is 0 Å². The molecule has 0 aliphatic carbocycles. The lowest BCUT2D eigenvalue weighted by Crippen LogP contribution is -2.38. The van der Waals surface area contributed by atoms with Crippen LogP contribution >= 0.6 is 0 Å². The van der Waals surface area contributed by atoms with Crippen molar-refractivity contribution < 1.29 is 18.9 Å². The summed E-state index contributed by atoms with van der Waals surface area (Å²) in [6.45, 7) is 11.4. The van der Waals surface area contributed by atoms with Crippen LogP contribution in [0.2, 0.25) is 0 Å². The maximum atomic E-state index is 5.68. The van der Waals surface area contributed by atoms with Crippen LogP contribution in [0, 0.1) is 0 Å². The fourth-order valence-electron chi connectivity index (χ4n) is 4.31. The Kier molecular flexibility index (Phi) is 24.7. The van der Waals surface area contributed by atoms with E-state index in [1.165, 1.54) is 103 Å². The van der Waals surface area contributed by atoms with Crippen LogP contribution in [0.3, 0.4) is 0 Å². The molecule has 0 unspecified atom stereocenters. The first-order valence-electron chi connectivity index (χ1n) is 14.5. The van der Waals surface area contributed by atoms with Crippen molar-refractivity contribution in [2.24, 2.45) is 0 Å². The molecule has 5 heteroatoms. The number of nitrogens with zero attached hydrogens (tertiary/aromatic N) is 1. The highest BCUT2D eigenvalue weighted by Crippen LogP contribution is 2.13. The van der Waals surface area contributed by atoms with Crippen LogP contribution in [0.25, 0.3) is 0 Å². The van der Waals surface area contributed by atoms with Gasteiger partial charge >= 0.3 is 0 Å². The molecule has 33 heavy (non-hydrogen) atoms. The molecule has 0 aromatic heterocycles. The van der Waals surface area contributed by atoms with E-state index in [1.807, 2.05) is 0 Å². The lowest BCUT2D eigenvalue weighted by atomic mass is 10.0. The number of rotatable bonds is 26. The summed E-state index contributed by atoms with van der Waals surface area (Å²) in [5.74, 6) is 0. The van der Waals surface area contributed by atoms with Gasteiger partial charge in [0, 0.05) is 26.2 Å². The number of ether oxygens (including phenoxy) is 4. The Balaban J connectivity index is 1.62. The molecule has 1 rings (SSSR count). The first-order chi connectivity index (χ1) is 16.4. The van der Waals surface area contributed by atoms with Crippen LogP contribution in [-0.2, 0) is 18.9 Å². The van der Waals surface area contributed by atoms with Crippen molar-refractivity contribution in [1.82, 2.24) is 4.90 Å². The third-order valence-corrected chi connectivity index (χ3v) is 6.54. The Morgan fingerprint density at radius 2 is 0.879 bits per heavy atom. The van der Waals surface area contributed by atoms with Crippen molar-refractivity contribution in [3.05, 3.63) is 0 Å². The Morgan fingerprint density at radius 1 is 0.485 bits per heavy atom. The van der Waals surface area contributed by atoms with E-state index in [0.717, 1.165) is 46.1 Å². The fraction of sp³-hybridized carbons (Fsp3) is 1.00. The molecule has 0 bridgehead atoms. The molecule has 1 fully saturated rings. The highest BCUT2D eigenvalue weighted by Gasteiger charge is 2.09. The molecule has 198 valence electrons. The van der Waals surface area contributed by atoms with Gasteiger partial charge in [-0.05, 0) is 6.42 Å². The molecule has 0 N–H and O–H groups in total. The molecule has 0 aromatic rings. The number of unbranched alkanes of at least 4 members (excludes halogenated alkanes) is 15. The van der Waals surface area contributed by atoms with Crippen molar-refractivity contribution in [2.75, 3.05) is 72.5 Å². The van der Waals surface area contributed by atoms with Crippen LogP contribution in [0.1, 0.15) is 110 Å². The molecule has 0 atom stereocenters. The molecule has 0 radical (unpaired) electrons. The number of hydrogen-bond donors (Lipinski definition) is 0. The van der Waals surface area contributed by atoms with Crippen LogP contribution in [0.4, 0.5) is 0 Å². The molecule has 1 heterocycles. The summed E-state index contributed by atoms with van der Waals surface area (Å²) in [5.41, 5.74) is 0. The minimum atomic E-state index is 0.658. The summed E-state index contributed by atoms with van der Waals surface area (Å²) >= 11 is 0. The monoisotopic (exact) mass is 471 g/mol. The van der Waals surface area contributed by atoms with Gasteiger partial charge in [0.1, 0.15) is 0 Å². The van der Waals surface area contributed by atoms with Gasteiger partial charge in [-0.25, -0.2) is 0 Å². The van der Waals surface area contributed by atoms with Crippen molar-refractivity contribution in [3.8, 4) is 0 Å². The zero-order valence-electron chi connectivity index (χ0n) is 22.2. The topological polar surface area (TPSA) is 40.2 Å². The van der Waals surface area contributed by atoms with Gasteiger partial charge in [-0.15, -0.1) is 0 Å². The van der Waals surface area contributed by atoms with Crippen LogP contribution in [0.15, 0.2) is 0 Å². The normalized spacial score (nSPS) is 14.8. The van der Waals surface area contributed by atoms with E-state index in [-0.39, 0.29) is 0 Å². The van der Waals surface area contributed by atoms with Crippen molar-refractivity contribution in [1.29, 1.82) is 0 Å². The summed E-state index contributed by atoms with van der Waals surface area (Å²) in [6, 6.07) is 0. The first kappa shape index (κ1) is 30.8. The number of hydrogen-bond acceptors (Lipinski definition) is 5. The predicted molar refractivity (Wildman–Crippen MR) is 139 cm³/mol. The van der Waals surface area contributed by atoms with Crippen LogP contribution in [0.5, 0.6) is 0 Å². The van der Waals surface area contributed by atoms with Gasteiger partial charge in [-0.1, -0.05) is 103 Å². The van der Waals surface area contributed by atoms with Crippen molar-refractivity contribution in [2.45, 2.75) is 110 Å². The number of morpholine rings is 1. The van der Waals surface area contributed by atoms with Gasteiger partial charge < -0.3 is 18.9 Å². The highest BCUT2D eigenvalue weighted by atomic mass is 16.5. The second kappa shape index (κ2) is 26.4. The smallest absolute Gasteiger partial charge is 0.0701 e. The largest absolute Gasteiger partial charge is 0.379 e. The summed E-state index contributed by atoms with van der Waals surface area (Å²) in [5, 5.41) is 0. The minimum Gasteiger partial charge on any atom is -0.379 e. The highest BCUT2D eigenvalue weighted by molar-refractivity contribution is 4.60. The Bertz CT molecular complexity index is 364. The molecule has 1 saturated heterocycles. The fourth-order valence-corrected chi connectivity index (χ4v) is 4.31. The van der Waals surface area contributed by atoms with Gasteiger partial charge in [-0.2, -0.15) is 0 Å². The summed E-state index contributed by atoms with van der Waals surface area (Å²) in [6.07, 6.45) is 22.5. The van der Waals surface area contributed by atoms with Gasteiger partial charge in [-0.3, -0.25) is 4.90 Å². The zero-order chi connectivity index (χ0) is 23.5. The van der Waals surface area contributed by atoms with Gasteiger partial charge in [0.25, 0.3) is 0 Å². The predicted octanol–water partition coefficient (Wildman–Crippen LogP) is 6.63. The van der Waals surface area contributed by atoms with Gasteiger partial charge in [0.2, 0.25) is 0 Å². The quantitative estimate of drug-likeness (QED) is 0.132. The summed E-state index contributed by atoms with van der Waals surface area (Å²) in [4.78, 5) is 2.39. The summed E-state index contributed by atoms with van der Waals surface area (Å²) in [7, 11) is 0. The van der Waals surface area contributed by atoms with E-state index in [1.54, 1.807) is 0 Å². The minimum absolute atomic E-state index is 0.658. The Labute approximate surface area is 206 Å². The molecule has 1 aliphatic heterocycles. The zero-order valence-corrected chi connectivity index (χ0v) is 22.2. The molecule has 0 aromatic carbocycles. The third-order valence-electron chi connectivity index (χ3n) is 6.54. The maximum Gasteiger partial charge on any atom is 0.0701 e. The second-order valence-electron chi connectivity index (χ2n) is 9.59. The van der Waals surface area contributed by atoms with E-state index in [4.69, 9.17) is 18.9 Å². The van der Waals surface area contributed by atoms with E-state index in [2.05, 4.69) is 11.8 Å². The SMILES string of the molecule is CCCCCCCCCCCCCCCCCCOCCOCCOCCN1CCOCC1. The molecule has 0 saturated carbocycles. The standard InChI is InChI=1S/C28H57NO4/c1-2-3-4-5-6-7-8-9-10-11-12-13-14-15-16-17-21-30-25-27-33-28-26-32-24-20-29-18-22-31-23-19-29/h2-28H2,1H3. The van der Waals surface area contributed by atoms with Crippen molar-refractivity contribution >= 4 is 0 Å². The summed E-state index contributed by atoms with van der Waals surface area (Å²) < 4.78 is 22.2. The average Bonchev–Trinajstić information content (AvgIpc) is 2.84.